The number of nitrogens with zero attached hydrogens (tertiary/aromatic N) is 1. The second-order valence-corrected chi connectivity index (χ2v) is 9.20. The van der Waals surface area contributed by atoms with Gasteiger partial charge in [0.1, 0.15) is 11.5 Å². The van der Waals surface area contributed by atoms with Crippen LogP contribution >= 0.6 is 11.6 Å². The minimum Gasteiger partial charge on any atom is -0.507 e. The van der Waals surface area contributed by atoms with Crippen molar-refractivity contribution in [2.45, 2.75) is 39.8 Å². The van der Waals surface area contributed by atoms with Gasteiger partial charge >= 0.3 is 0 Å². The highest BCUT2D eigenvalue weighted by molar-refractivity contribution is 6.51. The second-order valence-electron chi connectivity index (χ2n) is 8.76. The quantitative estimate of drug-likeness (QED) is 0.264. The topological polar surface area (TPSA) is 66.8 Å². The molecule has 0 spiro atoms. The molecule has 1 atom stereocenters. The third-order valence-corrected chi connectivity index (χ3v) is 5.84. The zero-order valence-electron chi connectivity index (χ0n) is 19.5. The average molecular weight is 476 g/mol. The van der Waals surface area contributed by atoms with Crippen LogP contribution in [0.25, 0.3) is 5.76 Å². The van der Waals surface area contributed by atoms with Gasteiger partial charge in [-0.15, -0.1) is 0 Å². The lowest BCUT2D eigenvalue weighted by Gasteiger charge is -2.26. The van der Waals surface area contributed by atoms with Crippen LogP contribution in [-0.2, 0) is 9.59 Å². The summed E-state index contributed by atoms with van der Waals surface area (Å²) in [5.74, 6) is -1.07. The van der Waals surface area contributed by atoms with Crippen molar-refractivity contribution in [2.24, 2.45) is 0 Å². The number of ketones is 1. The molecule has 174 valence electrons. The van der Waals surface area contributed by atoms with E-state index in [0.717, 1.165) is 11.1 Å². The smallest absolute Gasteiger partial charge is 0.300 e. The Morgan fingerprint density at radius 1 is 0.971 bits per heavy atom. The highest BCUT2D eigenvalue weighted by Crippen LogP contribution is 2.43. The Morgan fingerprint density at radius 3 is 2.24 bits per heavy atom. The maximum Gasteiger partial charge on any atom is 0.300 e. The molecule has 6 heteroatoms. The molecule has 34 heavy (non-hydrogen) atoms. The lowest BCUT2D eigenvalue weighted by atomic mass is 9.94. The summed E-state index contributed by atoms with van der Waals surface area (Å²) in [6.45, 7) is 7.73. The van der Waals surface area contributed by atoms with Crippen molar-refractivity contribution in [3.8, 4) is 5.75 Å². The average Bonchev–Trinajstić information content (AvgIpc) is 3.03. The molecule has 1 aliphatic heterocycles. The third kappa shape index (κ3) is 4.57. The van der Waals surface area contributed by atoms with Gasteiger partial charge in [-0.05, 0) is 92.9 Å². The minimum absolute atomic E-state index is 0.0215. The number of amides is 1. The van der Waals surface area contributed by atoms with E-state index in [1.165, 1.54) is 4.90 Å². The van der Waals surface area contributed by atoms with E-state index in [-0.39, 0.29) is 17.4 Å². The van der Waals surface area contributed by atoms with Gasteiger partial charge in [-0.3, -0.25) is 14.5 Å². The van der Waals surface area contributed by atoms with Gasteiger partial charge in [0.05, 0.1) is 17.7 Å². The van der Waals surface area contributed by atoms with Crippen LogP contribution < -0.4 is 9.64 Å². The van der Waals surface area contributed by atoms with E-state index >= 15 is 0 Å². The largest absolute Gasteiger partial charge is 0.507 e. The molecular formula is C28H26ClNO4. The van der Waals surface area contributed by atoms with E-state index in [1.807, 2.05) is 64.1 Å². The second kappa shape index (κ2) is 9.35. The molecule has 0 aromatic heterocycles. The van der Waals surface area contributed by atoms with Crippen LogP contribution in [0.2, 0.25) is 5.02 Å². The first-order valence-electron chi connectivity index (χ1n) is 11.1. The van der Waals surface area contributed by atoms with Gasteiger partial charge in [0.15, 0.2) is 0 Å². The van der Waals surface area contributed by atoms with Crippen LogP contribution in [0.15, 0.2) is 72.3 Å². The lowest BCUT2D eigenvalue weighted by molar-refractivity contribution is -0.132. The van der Waals surface area contributed by atoms with Gasteiger partial charge in [-0.2, -0.15) is 0 Å². The molecule has 1 saturated heterocycles. The number of carbonyl (C=O) groups is 2. The van der Waals surface area contributed by atoms with Gasteiger partial charge in [0, 0.05) is 16.3 Å². The summed E-state index contributed by atoms with van der Waals surface area (Å²) in [6.07, 6.45) is -0.0462. The Hall–Kier alpha value is -3.57. The van der Waals surface area contributed by atoms with Crippen LogP contribution in [0, 0.1) is 13.8 Å². The Kier molecular flexibility index (Phi) is 6.49. The van der Waals surface area contributed by atoms with Crippen LogP contribution in [-0.4, -0.2) is 22.9 Å². The molecule has 0 saturated carbocycles. The number of hydrogen-bond donors (Lipinski definition) is 1. The van der Waals surface area contributed by atoms with Crippen molar-refractivity contribution in [3.63, 3.8) is 0 Å². The van der Waals surface area contributed by atoms with E-state index in [2.05, 4.69) is 0 Å². The Labute approximate surface area is 204 Å². The van der Waals surface area contributed by atoms with E-state index in [9.17, 15) is 14.7 Å². The van der Waals surface area contributed by atoms with Crippen LogP contribution in [0.1, 0.15) is 42.1 Å². The number of ether oxygens (including phenoxy) is 1. The van der Waals surface area contributed by atoms with Crippen LogP contribution in [0.4, 0.5) is 5.69 Å². The fourth-order valence-corrected chi connectivity index (χ4v) is 4.42. The molecule has 3 aromatic rings. The van der Waals surface area contributed by atoms with Gasteiger partial charge in [-0.25, -0.2) is 0 Å². The normalized spacial score (nSPS) is 17.5. The Bertz CT molecular complexity index is 1270. The number of anilines is 1. The molecule has 1 heterocycles. The molecule has 1 N–H and O–H groups in total. The molecule has 1 aliphatic rings. The number of aryl methyl sites for hydroxylation is 2. The number of halogens is 1. The molecule has 0 aliphatic carbocycles. The Balaban J connectivity index is 1.95. The predicted octanol–water partition coefficient (Wildman–Crippen LogP) is 6.37. The minimum atomic E-state index is -0.826. The highest BCUT2D eigenvalue weighted by atomic mass is 35.5. The maximum atomic E-state index is 13.4. The molecule has 1 amide bonds. The standard InChI is InChI=1S/C28H26ClNO4/c1-16(2)34-23-7-5-6-20(15-23)25-24(26(31)19-8-10-21(29)11-9-19)27(32)28(33)30(25)22-13-17(3)12-18(4)14-22/h5-16,25,31H,1-4H3/b26-24+. The first-order chi connectivity index (χ1) is 16.2. The summed E-state index contributed by atoms with van der Waals surface area (Å²) in [5.41, 5.74) is 3.60. The van der Waals surface area contributed by atoms with Crippen LogP contribution in [0.3, 0.4) is 0 Å². The fourth-order valence-electron chi connectivity index (χ4n) is 4.30. The number of rotatable bonds is 5. The summed E-state index contributed by atoms with van der Waals surface area (Å²) in [6, 6.07) is 18.7. The molecular weight excluding hydrogens is 450 g/mol. The van der Waals surface area contributed by atoms with E-state index in [4.69, 9.17) is 16.3 Å². The van der Waals surface area contributed by atoms with Crippen molar-refractivity contribution >= 4 is 34.7 Å². The highest BCUT2D eigenvalue weighted by Gasteiger charge is 2.47. The number of carbonyl (C=O) groups excluding carboxylic acids is 2. The third-order valence-electron chi connectivity index (χ3n) is 5.59. The van der Waals surface area contributed by atoms with Gasteiger partial charge in [0.2, 0.25) is 0 Å². The maximum absolute atomic E-state index is 13.4. The summed E-state index contributed by atoms with van der Waals surface area (Å²) in [7, 11) is 0. The number of Topliss-reactive ketones (excluding diaryl/α,β-unsaturated/α-hetero) is 1. The van der Waals surface area contributed by atoms with Crippen molar-refractivity contribution in [1.82, 2.24) is 0 Å². The van der Waals surface area contributed by atoms with E-state index in [1.54, 1.807) is 30.3 Å². The summed E-state index contributed by atoms with van der Waals surface area (Å²) < 4.78 is 5.86. The monoisotopic (exact) mass is 475 g/mol. The SMILES string of the molecule is Cc1cc(C)cc(N2C(=O)C(=O)/C(=C(/O)c3ccc(Cl)cc3)C2c2cccc(OC(C)C)c2)c1. The van der Waals surface area contributed by atoms with Crippen molar-refractivity contribution in [2.75, 3.05) is 4.90 Å². The zero-order chi connectivity index (χ0) is 24.6. The zero-order valence-corrected chi connectivity index (χ0v) is 20.3. The predicted molar refractivity (Wildman–Crippen MR) is 134 cm³/mol. The summed E-state index contributed by atoms with van der Waals surface area (Å²) in [5, 5.41) is 11.7. The van der Waals surface area contributed by atoms with E-state index < -0.39 is 17.7 Å². The van der Waals surface area contributed by atoms with E-state index in [0.29, 0.717) is 27.6 Å². The van der Waals surface area contributed by atoms with Gasteiger partial charge in [-0.1, -0.05) is 29.8 Å². The number of aliphatic hydroxyl groups is 1. The van der Waals surface area contributed by atoms with Gasteiger partial charge < -0.3 is 9.84 Å². The molecule has 3 aromatic carbocycles. The Morgan fingerprint density at radius 2 is 1.62 bits per heavy atom. The lowest BCUT2D eigenvalue weighted by Crippen LogP contribution is -2.29. The molecule has 1 fully saturated rings. The van der Waals surface area contributed by atoms with Crippen molar-refractivity contribution in [3.05, 3.63) is 99.6 Å². The first kappa shape index (κ1) is 23.6. The number of benzene rings is 3. The first-order valence-corrected chi connectivity index (χ1v) is 11.5. The molecule has 5 nitrogen and oxygen atoms in total. The summed E-state index contributed by atoms with van der Waals surface area (Å²) >= 11 is 6.00. The van der Waals surface area contributed by atoms with Crippen molar-refractivity contribution in [1.29, 1.82) is 0 Å². The molecule has 1 unspecified atom stereocenters. The number of hydrogen-bond acceptors (Lipinski definition) is 4. The van der Waals surface area contributed by atoms with Crippen molar-refractivity contribution < 1.29 is 19.4 Å². The molecule has 0 bridgehead atoms. The van der Waals surface area contributed by atoms with Crippen LogP contribution in [0.5, 0.6) is 5.75 Å². The molecule has 4 rings (SSSR count). The fraction of sp³-hybridized carbons (Fsp3) is 0.214. The summed E-state index contributed by atoms with van der Waals surface area (Å²) in [4.78, 5) is 28.1. The number of aliphatic hydroxyl groups excluding tert-OH is 1. The van der Waals surface area contributed by atoms with Gasteiger partial charge in [0.25, 0.3) is 11.7 Å². The molecule has 0 radical (unpaired) electrons.